The van der Waals surface area contributed by atoms with Crippen LogP contribution in [0.4, 0.5) is 4.79 Å². The number of ether oxygens (including phenoxy) is 2. The molecule has 3 rings (SSSR count). The summed E-state index contributed by atoms with van der Waals surface area (Å²) in [5, 5.41) is 4.91. The number of carbonyl (C=O) groups excluding carboxylic acids is 2. The van der Waals surface area contributed by atoms with Gasteiger partial charge in [0.05, 0.1) is 13.2 Å². The van der Waals surface area contributed by atoms with Gasteiger partial charge >= 0.3 is 6.03 Å². The summed E-state index contributed by atoms with van der Waals surface area (Å²) >= 11 is 1.72. The summed E-state index contributed by atoms with van der Waals surface area (Å²) in [5.41, 5.74) is 1.13. The van der Waals surface area contributed by atoms with Gasteiger partial charge in [-0.25, -0.2) is 4.79 Å². The van der Waals surface area contributed by atoms with E-state index in [0.717, 1.165) is 18.4 Å². The smallest absolute Gasteiger partial charge is 0.317 e. The lowest BCUT2D eigenvalue weighted by molar-refractivity contribution is -0.135. The SMILES string of the molecule is CCNC(=O)N(CC(=O)N1CCc2sccc2[C@@H]1COc1ccccc1OC)C[C@@H](C)CC. The van der Waals surface area contributed by atoms with Crippen LogP contribution in [0.3, 0.4) is 0 Å². The Labute approximate surface area is 200 Å². The Morgan fingerprint density at radius 3 is 2.70 bits per heavy atom. The first-order valence-corrected chi connectivity index (χ1v) is 12.5. The van der Waals surface area contributed by atoms with E-state index in [0.29, 0.717) is 43.7 Å². The summed E-state index contributed by atoms with van der Waals surface area (Å²) in [4.78, 5) is 30.9. The van der Waals surface area contributed by atoms with Crippen molar-refractivity contribution in [2.75, 3.05) is 39.9 Å². The second-order valence-corrected chi connectivity index (χ2v) is 9.34. The number of methoxy groups -OCH3 is 1. The van der Waals surface area contributed by atoms with Crippen LogP contribution in [0.15, 0.2) is 35.7 Å². The third-order valence-electron chi connectivity index (χ3n) is 6.05. The molecule has 1 aromatic heterocycles. The standard InChI is InChI=1S/C25H35N3O4S/c1-5-18(3)15-27(25(30)26-6-2)16-24(29)28-13-11-23-19(12-14-33-23)20(28)17-32-22-10-8-7-9-21(22)31-4/h7-10,12,14,18,20H,5-6,11,13,15-17H2,1-4H3,(H,26,30)/t18-,20-/m0/s1. The van der Waals surface area contributed by atoms with E-state index in [-0.39, 0.29) is 24.5 Å². The fraction of sp³-hybridized carbons (Fsp3) is 0.520. The molecule has 0 aliphatic carbocycles. The average Bonchev–Trinajstić information content (AvgIpc) is 3.31. The molecular weight excluding hydrogens is 438 g/mol. The quantitative estimate of drug-likeness (QED) is 0.557. The van der Waals surface area contributed by atoms with Crippen molar-refractivity contribution in [3.63, 3.8) is 0 Å². The Bertz CT molecular complexity index is 932. The molecule has 180 valence electrons. The summed E-state index contributed by atoms with van der Waals surface area (Å²) in [6.45, 7) is 8.14. The van der Waals surface area contributed by atoms with Gasteiger partial charge in [-0.3, -0.25) is 4.79 Å². The predicted octanol–water partition coefficient (Wildman–Crippen LogP) is 4.34. The molecule has 1 N–H and O–H groups in total. The molecule has 0 saturated heterocycles. The van der Waals surface area contributed by atoms with E-state index in [9.17, 15) is 9.59 Å². The number of rotatable bonds is 10. The first-order valence-electron chi connectivity index (χ1n) is 11.6. The van der Waals surface area contributed by atoms with Gasteiger partial charge in [0.15, 0.2) is 11.5 Å². The second-order valence-electron chi connectivity index (χ2n) is 8.34. The highest BCUT2D eigenvalue weighted by molar-refractivity contribution is 7.10. The van der Waals surface area contributed by atoms with Crippen LogP contribution in [0.25, 0.3) is 0 Å². The highest BCUT2D eigenvalue weighted by Gasteiger charge is 2.33. The van der Waals surface area contributed by atoms with Crippen LogP contribution >= 0.6 is 11.3 Å². The number of hydrogen-bond donors (Lipinski definition) is 1. The van der Waals surface area contributed by atoms with Crippen molar-refractivity contribution in [1.29, 1.82) is 0 Å². The number of para-hydroxylation sites is 2. The van der Waals surface area contributed by atoms with E-state index in [1.54, 1.807) is 23.3 Å². The molecule has 2 atom stereocenters. The molecule has 7 nitrogen and oxygen atoms in total. The van der Waals surface area contributed by atoms with Gasteiger partial charge in [-0.05, 0) is 48.4 Å². The van der Waals surface area contributed by atoms with Crippen LogP contribution in [-0.4, -0.2) is 61.6 Å². The molecule has 0 bridgehead atoms. The Morgan fingerprint density at radius 2 is 2.00 bits per heavy atom. The number of carbonyl (C=O) groups is 2. The molecule has 2 aromatic rings. The maximum atomic E-state index is 13.5. The first-order chi connectivity index (χ1) is 16.0. The predicted molar refractivity (Wildman–Crippen MR) is 131 cm³/mol. The molecule has 1 aromatic carbocycles. The number of thiophene rings is 1. The lowest BCUT2D eigenvalue weighted by atomic mass is 10.00. The van der Waals surface area contributed by atoms with Gasteiger partial charge < -0.3 is 24.6 Å². The van der Waals surface area contributed by atoms with E-state index in [1.165, 1.54) is 4.88 Å². The van der Waals surface area contributed by atoms with Crippen LogP contribution in [0, 0.1) is 5.92 Å². The van der Waals surface area contributed by atoms with Gasteiger partial charge in [0.2, 0.25) is 5.91 Å². The summed E-state index contributed by atoms with van der Waals surface area (Å²) in [7, 11) is 1.61. The van der Waals surface area contributed by atoms with Gasteiger partial charge in [0, 0.05) is 24.5 Å². The fourth-order valence-corrected chi connectivity index (χ4v) is 4.95. The Morgan fingerprint density at radius 1 is 1.24 bits per heavy atom. The number of urea groups is 1. The molecule has 0 saturated carbocycles. The van der Waals surface area contributed by atoms with Gasteiger partial charge in [-0.1, -0.05) is 32.4 Å². The molecule has 1 aliphatic rings. The van der Waals surface area contributed by atoms with Crippen molar-refractivity contribution in [3.05, 3.63) is 46.2 Å². The van der Waals surface area contributed by atoms with E-state index in [2.05, 4.69) is 30.6 Å². The molecule has 33 heavy (non-hydrogen) atoms. The van der Waals surface area contributed by atoms with E-state index >= 15 is 0 Å². The average molecular weight is 474 g/mol. The molecule has 0 spiro atoms. The zero-order chi connectivity index (χ0) is 23.8. The monoisotopic (exact) mass is 473 g/mol. The summed E-state index contributed by atoms with van der Waals surface area (Å²) in [6, 6.07) is 9.19. The molecule has 0 radical (unpaired) electrons. The zero-order valence-electron chi connectivity index (χ0n) is 20.0. The number of benzene rings is 1. The minimum absolute atomic E-state index is 0.0564. The minimum Gasteiger partial charge on any atom is -0.493 e. The Balaban J connectivity index is 1.78. The summed E-state index contributed by atoms with van der Waals surface area (Å²) in [5.74, 6) is 1.56. The molecule has 1 aliphatic heterocycles. The summed E-state index contributed by atoms with van der Waals surface area (Å²) in [6.07, 6.45) is 1.76. The molecular formula is C25H35N3O4S. The maximum Gasteiger partial charge on any atom is 0.317 e. The van der Waals surface area contributed by atoms with Crippen LogP contribution < -0.4 is 14.8 Å². The highest BCUT2D eigenvalue weighted by atomic mass is 32.1. The Hall–Kier alpha value is -2.74. The lowest BCUT2D eigenvalue weighted by Gasteiger charge is -2.37. The molecule has 3 amide bonds. The van der Waals surface area contributed by atoms with Gasteiger partial charge in [0.1, 0.15) is 13.2 Å². The van der Waals surface area contributed by atoms with Gasteiger partial charge in [-0.2, -0.15) is 0 Å². The van der Waals surface area contributed by atoms with Crippen LogP contribution in [0.2, 0.25) is 0 Å². The number of fused-ring (bicyclic) bond motifs is 1. The molecule has 8 heteroatoms. The lowest BCUT2D eigenvalue weighted by Crippen LogP contribution is -2.50. The minimum atomic E-state index is -0.211. The second kappa shape index (κ2) is 11.9. The fourth-order valence-electron chi connectivity index (χ4n) is 4.02. The normalized spacial score (nSPS) is 16.0. The van der Waals surface area contributed by atoms with Crippen molar-refractivity contribution in [3.8, 4) is 11.5 Å². The van der Waals surface area contributed by atoms with Crippen LogP contribution in [0.1, 0.15) is 43.7 Å². The van der Waals surface area contributed by atoms with Crippen LogP contribution in [0.5, 0.6) is 11.5 Å². The third kappa shape index (κ3) is 6.19. The third-order valence-corrected chi connectivity index (χ3v) is 7.05. The first kappa shape index (κ1) is 24.9. The van der Waals surface area contributed by atoms with Gasteiger partial charge in [0.25, 0.3) is 0 Å². The largest absolute Gasteiger partial charge is 0.493 e. The van der Waals surface area contributed by atoms with E-state index < -0.39 is 0 Å². The number of amides is 3. The van der Waals surface area contributed by atoms with Gasteiger partial charge in [-0.15, -0.1) is 11.3 Å². The van der Waals surface area contributed by atoms with Crippen molar-refractivity contribution in [2.45, 2.75) is 39.7 Å². The number of nitrogens with one attached hydrogen (secondary N) is 1. The van der Waals surface area contributed by atoms with Crippen molar-refractivity contribution < 1.29 is 19.1 Å². The molecule has 0 fully saturated rings. The zero-order valence-corrected chi connectivity index (χ0v) is 20.8. The maximum absolute atomic E-state index is 13.5. The van der Waals surface area contributed by atoms with E-state index in [1.807, 2.05) is 36.1 Å². The molecule has 0 unspecified atom stereocenters. The number of hydrogen-bond acceptors (Lipinski definition) is 5. The van der Waals surface area contributed by atoms with Crippen molar-refractivity contribution in [2.24, 2.45) is 5.92 Å². The van der Waals surface area contributed by atoms with Crippen molar-refractivity contribution in [1.82, 2.24) is 15.1 Å². The summed E-state index contributed by atoms with van der Waals surface area (Å²) < 4.78 is 11.5. The van der Waals surface area contributed by atoms with Crippen LogP contribution in [-0.2, 0) is 11.2 Å². The Kier molecular flexibility index (Phi) is 9.00. The molecule has 2 heterocycles. The topological polar surface area (TPSA) is 71.1 Å². The van der Waals surface area contributed by atoms with Crippen molar-refractivity contribution >= 4 is 23.3 Å². The highest BCUT2D eigenvalue weighted by Crippen LogP contribution is 2.35. The van der Waals surface area contributed by atoms with E-state index in [4.69, 9.17) is 9.47 Å². The number of nitrogens with zero attached hydrogens (tertiary/aromatic N) is 2.